The van der Waals surface area contributed by atoms with Gasteiger partial charge in [0, 0.05) is 19.3 Å². The van der Waals surface area contributed by atoms with E-state index in [-0.39, 0.29) is 28.8 Å². The molecule has 1 fully saturated rings. The second kappa shape index (κ2) is 6.32. The highest BCUT2D eigenvalue weighted by molar-refractivity contribution is 6.33. The number of hydrogen-bond donors (Lipinski definition) is 2. The van der Waals surface area contributed by atoms with E-state index in [0.717, 1.165) is 6.42 Å². The number of nitrogens with zero attached hydrogens (tertiary/aromatic N) is 1. The van der Waals surface area contributed by atoms with E-state index in [4.69, 9.17) is 21.4 Å². The van der Waals surface area contributed by atoms with Gasteiger partial charge in [0.1, 0.15) is 0 Å². The number of likely N-dealkylation sites (N-methyl/N-ethyl adjacent to an activating group) is 1. The zero-order chi connectivity index (χ0) is 15.6. The van der Waals surface area contributed by atoms with Gasteiger partial charge in [-0.25, -0.2) is 9.59 Å². The van der Waals surface area contributed by atoms with Gasteiger partial charge in [-0.05, 0) is 31.5 Å². The van der Waals surface area contributed by atoms with Crippen LogP contribution >= 0.6 is 11.6 Å². The molecule has 7 heteroatoms. The number of carboxylic acid groups (broad SMARTS) is 1. The summed E-state index contributed by atoms with van der Waals surface area (Å²) in [5.74, 6) is -1.14. The van der Waals surface area contributed by atoms with Gasteiger partial charge in [-0.2, -0.15) is 0 Å². The number of carbonyl (C=O) groups is 2. The Bertz CT molecular complexity index is 564. The van der Waals surface area contributed by atoms with Crippen molar-refractivity contribution in [2.75, 3.05) is 19.0 Å². The number of benzene rings is 1. The molecule has 0 radical (unpaired) electrons. The van der Waals surface area contributed by atoms with Crippen molar-refractivity contribution in [2.45, 2.75) is 25.5 Å². The van der Waals surface area contributed by atoms with Crippen LogP contribution in [0, 0.1) is 0 Å². The van der Waals surface area contributed by atoms with Crippen LogP contribution in [0.5, 0.6) is 0 Å². The number of carbonyl (C=O) groups excluding carboxylic acids is 1. The molecule has 0 saturated carbocycles. The van der Waals surface area contributed by atoms with Crippen molar-refractivity contribution in [3.63, 3.8) is 0 Å². The summed E-state index contributed by atoms with van der Waals surface area (Å²) in [5, 5.41) is 11.8. The van der Waals surface area contributed by atoms with Crippen LogP contribution in [0.15, 0.2) is 18.2 Å². The van der Waals surface area contributed by atoms with E-state index in [1.165, 1.54) is 12.1 Å². The summed E-state index contributed by atoms with van der Waals surface area (Å²) >= 11 is 5.79. The summed E-state index contributed by atoms with van der Waals surface area (Å²) in [6.45, 7) is 2.56. The van der Waals surface area contributed by atoms with Gasteiger partial charge >= 0.3 is 12.0 Å². The third kappa shape index (κ3) is 3.46. The molecule has 1 heterocycles. The molecular weight excluding hydrogens is 296 g/mol. The molecular formula is C14H17ClN2O4. The van der Waals surface area contributed by atoms with Crippen LogP contribution in [0.4, 0.5) is 10.5 Å². The Morgan fingerprint density at radius 2 is 2.19 bits per heavy atom. The maximum atomic E-state index is 12.2. The van der Waals surface area contributed by atoms with Gasteiger partial charge in [0.15, 0.2) is 0 Å². The maximum absolute atomic E-state index is 12.2. The standard InChI is InChI=1S/C14H17ClN2O4/c1-8-12(5-6-21-8)17(2)14(20)16-9-3-4-11(15)10(7-9)13(18)19/h3-4,7-8,12H,5-6H2,1-2H3,(H,16,20)(H,18,19). The van der Waals surface area contributed by atoms with Crippen molar-refractivity contribution >= 4 is 29.3 Å². The molecule has 2 rings (SSSR count). The summed E-state index contributed by atoms with van der Waals surface area (Å²) in [6.07, 6.45) is 0.770. The van der Waals surface area contributed by atoms with Crippen molar-refractivity contribution in [1.82, 2.24) is 4.90 Å². The summed E-state index contributed by atoms with van der Waals surface area (Å²) in [6, 6.07) is 4.05. The van der Waals surface area contributed by atoms with E-state index in [1.807, 2.05) is 6.92 Å². The normalized spacial score (nSPS) is 21.1. The monoisotopic (exact) mass is 312 g/mol. The van der Waals surface area contributed by atoms with Gasteiger partial charge in [-0.1, -0.05) is 11.6 Å². The summed E-state index contributed by atoms with van der Waals surface area (Å²) in [7, 11) is 1.69. The zero-order valence-corrected chi connectivity index (χ0v) is 12.6. The topological polar surface area (TPSA) is 78.9 Å². The number of nitrogens with one attached hydrogen (secondary N) is 1. The number of rotatable bonds is 3. The van der Waals surface area contributed by atoms with Gasteiger partial charge in [-0.3, -0.25) is 0 Å². The number of ether oxygens (including phenoxy) is 1. The number of amides is 2. The molecule has 0 spiro atoms. The van der Waals surface area contributed by atoms with Crippen LogP contribution in [0.2, 0.25) is 5.02 Å². The first-order valence-corrected chi connectivity index (χ1v) is 6.96. The molecule has 1 aliphatic heterocycles. The number of halogens is 1. The Hall–Kier alpha value is -1.79. The number of anilines is 1. The fourth-order valence-electron chi connectivity index (χ4n) is 2.36. The Kier molecular flexibility index (Phi) is 4.69. The lowest BCUT2D eigenvalue weighted by atomic mass is 10.1. The van der Waals surface area contributed by atoms with Crippen LogP contribution in [0.3, 0.4) is 0 Å². The highest BCUT2D eigenvalue weighted by atomic mass is 35.5. The van der Waals surface area contributed by atoms with Crippen LogP contribution in [0.1, 0.15) is 23.7 Å². The van der Waals surface area contributed by atoms with E-state index < -0.39 is 5.97 Å². The zero-order valence-electron chi connectivity index (χ0n) is 11.8. The molecule has 0 aromatic heterocycles. The first kappa shape index (κ1) is 15.6. The second-order valence-corrected chi connectivity index (χ2v) is 5.38. The average molecular weight is 313 g/mol. The Morgan fingerprint density at radius 1 is 1.48 bits per heavy atom. The van der Waals surface area contributed by atoms with E-state index >= 15 is 0 Å². The van der Waals surface area contributed by atoms with Crippen LogP contribution in [-0.2, 0) is 4.74 Å². The predicted molar refractivity (Wildman–Crippen MR) is 79.0 cm³/mol. The minimum Gasteiger partial charge on any atom is -0.478 e. The fraction of sp³-hybridized carbons (Fsp3) is 0.429. The predicted octanol–water partition coefficient (Wildman–Crippen LogP) is 2.68. The van der Waals surface area contributed by atoms with E-state index in [9.17, 15) is 9.59 Å². The molecule has 1 aromatic rings. The Morgan fingerprint density at radius 3 is 2.76 bits per heavy atom. The third-order valence-corrected chi connectivity index (χ3v) is 3.93. The van der Waals surface area contributed by atoms with Gasteiger partial charge in [0.2, 0.25) is 0 Å². The first-order chi connectivity index (χ1) is 9.90. The summed E-state index contributed by atoms with van der Waals surface area (Å²) < 4.78 is 5.44. The Labute approximate surface area is 127 Å². The molecule has 2 N–H and O–H groups in total. The molecule has 114 valence electrons. The number of urea groups is 1. The molecule has 1 aromatic carbocycles. The lowest BCUT2D eigenvalue weighted by molar-refractivity contribution is 0.0697. The highest BCUT2D eigenvalue weighted by Gasteiger charge is 2.30. The molecule has 0 bridgehead atoms. The lowest BCUT2D eigenvalue weighted by Gasteiger charge is -2.27. The van der Waals surface area contributed by atoms with Crippen molar-refractivity contribution in [2.24, 2.45) is 0 Å². The summed E-state index contributed by atoms with van der Waals surface area (Å²) in [5.41, 5.74) is 0.343. The second-order valence-electron chi connectivity index (χ2n) is 4.97. The van der Waals surface area contributed by atoms with Crippen molar-refractivity contribution in [3.8, 4) is 0 Å². The van der Waals surface area contributed by atoms with Crippen LogP contribution in [-0.4, -0.2) is 47.8 Å². The van der Waals surface area contributed by atoms with Crippen LogP contribution in [0.25, 0.3) is 0 Å². The number of hydrogen-bond acceptors (Lipinski definition) is 3. The molecule has 2 unspecified atom stereocenters. The van der Waals surface area contributed by atoms with Crippen LogP contribution < -0.4 is 5.32 Å². The molecule has 2 atom stereocenters. The van der Waals surface area contributed by atoms with Gasteiger partial charge in [0.05, 0.1) is 22.7 Å². The van der Waals surface area contributed by atoms with Gasteiger partial charge in [-0.15, -0.1) is 0 Å². The molecule has 21 heavy (non-hydrogen) atoms. The van der Waals surface area contributed by atoms with Gasteiger partial charge < -0.3 is 20.1 Å². The fourth-order valence-corrected chi connectivity index (χ4v) is 2.56. The average Bonchev–Trinajstić information content (AvgIpc) is 2.85. The minimum atomic E-state index is -1.14. The molecule has 0 aliphatic carbocycles. The smallest absolute Gasteiger partial charge is 0.337 e. The molecule has 1 saturated heterocycles. The molecule has 6 nitrogen and oxygen atoms in total. The Balaban J connectivity index is 2.09. The van der Waals surface area contributed by atoms with Crippen molar-refractivity contribution in [3.05, 3.63) is 28.8 Å². The minimum absolute atomic E-state index is 0.0104. The largest absolute Gasteiger partial charge is 0.478 e. The number of carboxylic acids is 1. The number of aromatic carboxylic acids is 1. The van der Waals surface area contributed by atoms with Crippen molar-refractivity contribution < 1.29 is 19.4 Å². The van der Waals surface area contributed by atoms with E-state index in [2.05, 4.69) is 5.32 Å². The molecule has 1 aliphatic rings. The van der Waals surface area contributed by atoms with E-state index in [1.54, 1.807) is 18.0 Å². The SMILES string of the molecule is CC1OCCC1N(C)C(=O)Nc1ccc(Cl)c(C(=O)O)c1. The maximum Gasteiger partial charge on any atom is 0.337 e. The quantitative estimate of drug-likeness (QED) is 0.899. The molecule has 2 amide bonds. The van der Waals surface area contributed by atoms with Crippen molar-refractivity contribution in [1.29, 1.82) is 0 Å². The summed E-state index contributed by atoms with van der Waals surface area (Å²) in [4.78, 5) is 24.8. The first-order valence-electron chi connectivity index (χ1n) is 6.58. The van der Waals surface area contributed by atoms with Gasteiger partial charge in [0.25, 0.3) is 0 Å². The highest BCUT2D eigenvalue weighted by Crippen LogP contribution is 2.22. The lowest BCUT2D eigenvalue weighted by Crippen LogP contribution is -2.43. The van der Waals surface area contributed by atoms with E-state index in [0.29, 0.717) is 12.3 Å². The third-order valence-electron chi connectivity index (χ3n) is 3.60.